The molecule has 0 saturated heterocycles. The lowest BCUT2D eigenvalue weighted by molar-refractivity contribution is 0.104. The van der Waals surface area contributed by atoms with Crippen molar-refractivity contribution in [3.8, 4) is 11.5 Å². The second kappa shape index (κ2) is 8.94. The lowest BCUT2D eigenvalue weighted by atomic mass is 10.0. The van der Waals surface area contributed by atoms with Crippen LogP contribution in [0, 0.1) is 6.92 Å². The normalized spacial score (nSPS) is 11.5. The van der Waals surface area contributed by atoms with E-state index in [0.29, 0.717) is 23.7 Å². The topological polar surface area (TPSA) is 68.8 Å². The molecule has 0 aliphatic carbocycles. The van der Waals surface area contributed by atoms with Crippen LogP contribution < -0.4 is 20.1 Å². The molecule has 0 aromatic heterocycles. The van der Waals surface area contributed by atoms with Gasteiger partial charge < -0.3 is 24.8 Å². The number of carbonyl (C=O) groups is 1. The molecule has 2 N–H and O–H groups in total. The van der Waals surface area contributed by atoms with Crippen molar-refractivity contribution in [2.24, 2.45) is 0 Å². The third-order valence-electron chi connectivity index (χ3n) is 3.91. The quantitative estimate of drug-likeness (QED) is 0.806. The van der Waals surface area contributed by atoms with Crippen LogP contribution in [0.4, 0.5) is 10.5 Å². The molecule has 2 aromatic rings. The van der Waals surface area contributed by atoms with E-state index in [1.54, 1.807) is 39.5 Å². The smallest absolute Gasteiger partial charge is 0.319 e. The number of hydrogen-bond donors (Lipinski definition) is 2. The van der Waals surface area contributed by atoms with Gasteiger partial charge >= 0.3 is 6.03 Å². The number of amides is 2. The molecule has 2 amide bonds. The van der Waals surface area contributed by atoms with E-state index < -0.39 is 0 Å². The average molecular weight is 344 g/mol. The maximum absolute atomic E-state index is 12.2. The van der Waals surface area contributed by atoms with Gasteiger partial charge in [0, 0.05) is 25.4 Å². The summed E-state index contributed by atoms with van der Waals surface area (Å²) >= 11 is 0. The lowest BCUT2D eigenvalue weighted by Gasteiger charge is -2.19. The minimum absolute atomic E-state index is 0.211. The number of aryl methyl sites for hydroxylation is 1. The van der Waals surface area contributed by atoms with Crippen LogP contribution in [-0.2, 0) is 4.74 Å². The molecule has 0 bridgehead atoms. The fourth-order valence-electron chi connectivity index (χ4n) is 2.54. The second-order valence-electron chi connectivity index (χ2n) is 5.49. The van der Waals surface area contributed by atoms with Crippen molar-refractivity contribution in [1.82, 2.24) is 5.32 Å². The molecule has 134 valence electrons. The van der Waals surface area contributed by atoms with Crippen molar-refractivity contribution in [3.63, 3.8) is 0 Å². The van der Waals surface area contributed by atoms with Gasteiger partial charge in [-0.2, -0.15) is 0 Å². The standard InChI is InChI=1S/C19H24N2O4/c1-13-7-5-6-8-15(13)18(25-4)12-20-19(22)21-14-9-10-16(23-2)17(11-14)24-3/h5-11,18H,12H2,1-4H3,(H2,20,21,22). The molecule has 6 heteroatoms. The first-order valence-electron chi connectivity index (χ1n) is 7.94. The molecule has 1 unspecified atom stereocenters. The first-order valence-corrected chi connectivity index (χ1v) is 7.94. The first-order chi connectivity index (χ1) is 12.1. The van der Waals surface area contributed by atoms with E-state index in [1.807, 2.05) is 31.2 Å². The van der Waals surface area contributed by atoms with Crippen LogP contribution in [0.1, 0.15) is 17.2 Å². The molecule has 0 heterocycles. The molecule has 2 aromatic carbocycles. The fourth-order valence-corrected chi connectivity index (χ4v) is 2.54. The zero-order valence-electron chi connectivity index (χ0n) is 15.0. The van der Waals surface area contributed by atoms with E-state index in [0.717, 1.165) is 11.1 Å². The van der Waals surface area contributed by atoms with Gasteiger partial charge in [-0.25, -0.2) is 4.79 Å². The molecule has 0 saturated carbocycles. The molecule has 0 spiro atoms. The third-order valence-corrected chi connectivity index (χ3v) is 3.91. The van der Waals surface area contributed by atoms with E-state index in [2.05, 4.69) is 10.6 Å². The highest BCUT2D eigenvalue weighted by atomic mass is 16.5. The van der Waals surface area contributed by atoms with Crippen molar-refractivity contribution >= 4 is 11.7 Å². The van der Waals surface area contributed by atoms with E-state index in [9.17, 15) is 4.79 Å². The molecule has 0 fully saturated rings. The van der Waals surface area contributed by atoms with Gasteiger partial charge in [0.25, 0.3) is 0 Å². The largest absolute Gasteiger partial charge is 0.493 e. The molecule has 6 nitrogen and oxygen atoms in total. The highest BCUT2D eigenvalue weighted by Gasteiger charge is 2.14. The third kappa shape index (κ3) is 4.87. The number of hydrogen-bond acceptors (Lipinski definition) is 4. The van der Waals surface area contributed by atoms with Crippen LogP contribution in [0.15, 0.2) is 42.5 Å². The summed E-state index contributed by atoms with van der Waals surface area (Å²) in [6, 6.07) is 12.8. The summed E-state index contributed by atoms with van der Waals surface area (Å²) in [5, 5.41) is 5.60. The molecule has 25 heavy (non-hydrogen) atoms. The average Bonchev–Trinajstić information content (AvgIpc) is 2.63. The molecule has 2 rings (SSSR count). The molecule has 1 atom stereocenters. The van der Waals surface area contributed by atoms with E-state index in [1.165, 1.54) is 0 Å². The van der Waals surface area contributed by atoms with Crippen LogP contribution in [0.2, 0.25) is 0 Å². The minimum atomic E-state index is -0.317. The van der Waals surface area contributed by atoms with Crippen LogP contribution in [0.3, 0.4) is 0 Å². The highest BCUT2D eigenvalue weighted by molar-refractivity contribution is 5.89. The Kier molecular flexibility index (Phi) is 6.65. The van der Waals surface area contributed by atoms with Crippen molar-refractivity contribution in [1.29, 1.82) is 0 Å². The number of urea groups is 1. The Balaban J connectivity index is 1.97. The molecule has 0 aliphatic heterocycles. The number of carbonyl (C=O) groups excluding carboxylic acids is 1. The van der Waals surface area contributed by atoms with Gasteiger partial charge in [0.2, 0.25) is 0 Å². The summed E-state index contributed by atoms with van der Waals surface area (Å²) < 4.78 is 15.9. The minimum Gasteiger partial charge on any atom is -0.493 e. The van der Waals surface area contributed by atoms with E-state index in [-0.39, 0.29) is 12.1 Å². The van der Waals surface area contributed by atoms with Gasteiger partial charge in [-0.1, -0.05) is 24.3 Å². The van der Waals surface area contributed by atoms with Gasteiger partial charge in [0.1, 0.15) is 0 Å². The fraction of sp³-hybridized carbons (Fsp3) is 0.316. The number of ether oxygens (including phenoxy) is 3. The van der Waals surface area contributed by atoms with Gasteiger partial charge in [-0.05, 0) is 30.2 Å². The van der Waals surface area contributed by atoms with Crippen molar-refractivity contribution in [3.05, 3.63) is 53.6 Å². The van der Waals surface area contributed by atoms with Crippen molar-refractivity contribution < 1.29 is 19.0 Å². The summed E-state index contributed by atoms with van der Waals surface area (Å²) in [6.45, 7) is 2.38. The number of rotatable bonds is 7. The van der Waals surface area contributed by atoms with Crippen LogP contribution in [0.5, 0.6) is 11.5 Å². The van der Waals surface area contributed by atoms with Crippen molar-refractivity contribution in [2.45, 2.75) is 13.0 Å². The Hall–Kier alpha value is -2.73. The summed E-state index contributed by atoms with van der Waals surface area (Å²) in [4.78, 5) is 12.2. The Labute approximate surface area is 148 Å². The summed E-state index contributed by atoms with van der Waals surface area (Å²) in [6.07, 6.45) is -0.211. The van der Waals surface area contributed by atoms with E-state index in [4.69, 9.17) is 14.2 Å². The van der Waals surface area contributed by atoms with Crippen molar-refractivity contribution in [2.75, 3.05) is 33.2 Å². The maximum Gasteiger partial charge on any atom is 0.319 e. The predicted octanol–water partition coefficient (Wildman–Crippen LogP) is 3.52. The number of benzene rings is 2. The van der Waals surface area contributed by atoms with Crippen LogP contribution in [0.25, 0.3) is 0 Å². The number of anilines is 1. The molecule has 0 aliphatic rings. The number of nitrogens with one attached hydrogen (secondary N) is 2. The number of methoxy groups -OCH3 is 3. The predicted molar refractivity (Wildman–Crippen MR) is 97.5 cm³/mol. The van der Waals surface area contributed by atoms with Gasteiger partial charge in [-0.15, -0.1) is 0 Å². The van der Waals surface area contributed by atoms with E-state index >= 15 is 0 Å². The molecular formula is C19H24N2O4. The molecule has 0 radical (unpaired) electrons. The van der Waals surface area contributed by atoms with Crippen LogP contribution >= 0.6 is 0 Å². The maximum atomic E-state index is 12.2. The SMILES string of the molecule is COc1ccc(NC(=O)NCC(OC)c2ccccc2C)cc1OC. The first kappa shape index (κ1) is 18.6. The van der Waals surface area contributed by atoms with Crippen LogP contribution in [-0.4, -0.2) is 33.9 Å². The zero-order chi connectivity index (χ0) is 18.2. The Morgan fingerprint density at radius 1 is 1.04 bits per heavy atom. The monoisotopic (exact) mass is 344 g/mol. The second-order valence-corrected chi connectivity index (χ2v) is 5.49. The van der Waals surface area contributed by atoms with Gasteiger partial charge in [0.15, 0.2) is 11.5 Å². The summed E-state index contributed by atoms with van der Waals surface area (Å²) in [7, 11) is 4.74. The summed E-state index contributed by atoms with van der Waals surface area (Å²) in [5.41, 5.74) is 2.79. The highest BCUT2D eigenvalue weighted by Crippen LogP contribution is 2.29. The Morgan fingerprint density at radius 2 is 1.76 bits per heavy atom. The van der Waals surface area contributed by atoms with Gasteiger partial charge in [-0.3, -0.25) is 0 Å². The lowest BCUT2D eigenvalue weighted by Crippen LogP contribution is -2.33. The van der Waals surface area contributed by atoms with Gasteiger partial charge in [0.05, 0.1) is 20.3 Å². The Morgan fingerprint density at radius 3 is 2.40 bits per heavy atom. The zero-order valence-corrected chi connectivity index (χ0v) is 15.0. The molecular weight excluding hydrogens is 320 g/mol. The summed E-state index contributed by atoms with van der Waals surface area (Å²) in [5.74, 6) is 1.16. The Bertz CT molecular complexity index is 718.